The first-order valence-corrected chi connectivity index (χ1v) is 5.60. The normalized spacial score (nSPS) is 27.9. The molecule has 1 aliphatic rings. The van der Waals surface area contributed by atoms with E-state index in [2.05, 4.69) is 0 Å². The van der Waals surface area contributed by atoms with Gasteiger partial charge in [0, 0.05) is 0 Å². The van der Waals surface area contributed by atoms with Crippen molar-refractivity contribution in [3.63, 3.8) is 0 Å². The van der Waals surface area contributed by atoms with E-state index in [0.29, 0.717) is 18.8 Å². The molecule has 0 radical (unpaired) electrons. The zero-order valence-corrected chi connectivity index (χ0v) is 9.32. The van der Waals surface area contributed by atoms with Crippen molar-refractivity contribution in [1.29, 1.82) is 0 Å². The van der Waals surface area contributed by atoms with E-state index in [4.69, 9.17) is 0 Å². The van der Waals surface area contributed by atoms with E-state index in [1.807, 2.05) is 20.8 Å². The third-order valence-electron chi connectivity index (χ3n) is 2.82. The van der Waals surface area contributed by atoms with Crippen LogP contribution in [0.4, 0.5) is 13.2 Å². The predicted molar refractivity (Wildman–Crippen MR) is 53.1 cm³/mol. The zero-order valence-electron chi connectivity index (χ0n) is 9.32. The van der Waals surface area contributed by atoms with Gasteiger partial charge in [0.25, 0.3) is 0 Å². The molecule has 3 heteroatoms. The molecule has 0 N–H and O–H groups in total. The van der Waals surface area contributed by atoms with Crippen LogP contribution in [0.5, 0.6) is 0 Å². The Morgan fingerprint density at radius 1 is 1.14 bits per heavy atom. The molecule has 2 atom stereocenters. The van der Waals surface area contributed by atoms with Crippen LogP contribution in [-0.4, -0.2) is 6.18 Å². The molecule has 0 bridgehead atoms. The first-order chi connectivity index (χ1) is 6.54. The number of halogens is 3. The Kier molecular flexibility index (Phi) is 6.21. The average Bonchev–Trinajstić information content (AvgIpc) is 2.20. The molecule has 0 aromatic rings. The maximum absolute atomic E-state index is 12.3. The van der Waals surface area contributed by atoms with Gasteiger partial charge in [-0.05, 0) is 18.8 Å². The SMILES string of the molecule is CC.CCC1CCCC(C(F)(F)F)C1. The first kappa shape index (κ1) is 13.8. The molecule has 0 amide bonds. The molecule has 0 nitrogen and oxygen atoms in total. The van der Waals surface area contributed by atoms with Crippen molar-refractivity contribution in [3.05, 3.63) is 0 Å². The Balaban J connectivity index is 0.000000791. The lowest BCUT2D eigenvalue weighted by Crippen LogP contribution is -2.28. The third kappa shape index (κ3) is 4.34. The summed E-state index contributed by atoms with van der Waals surface area (Å²) in [5, 5.41) is 0. The summed E-state index contributed by atoms with van der Waals surface area (Å²) >= 11 is 0. The highest BCUT2D eigenvalue weighted by molar-refractivity contribution is 4.76. The molecule has 14 heavy (non-hydrogen) atoms. The van der Waals surface area contributed by atoms with Crippen molar-refractivity contribution in [2.45, 2.75) is 59.1 Å². The van der Waals surface area contributed by atoms with Crippen LogP contribution < -0.4 is 0 Å². The Hall–Kier alpha value is -0.210. The Bertz CT molecular complexity index is 140. The van der Waals surface area contributed by atoms with Gasteiger partial charge in [-0.1, -0.05) is 40.0 Å². The molecule has 0 heterocycles. The Morgan fingerprint density at radius 3 is 2.14 bits per heavy atom. The molecule has 0 saturated heterocycles. The van der Waals surface area contributed by atoms with Gasteiger partial charge in [0.05, 0.1) is 5.92 Å². The molecule has 86 valence electrons. The van der Waals surface area contributed by atoms with Crippen LogP contribution in [0.25, 0.3) is 0 Å². The van der Waals surface area contributed by atoms with Gasteiger partial charge in [0.15, 0.2) is 0 Å². The van der Waals surface area contributed by atoms with E-state index in [1.54, 1.807) is 0 Å². The predicted octanol–water partition coefficient (Wildman–Crippen LogP) is 4.79. The summed E-state index contributed by atoms with van der Waals surface area (Å²) in [5.41, 5.74) is 0. The summed E-state index contributed by atoms with van der Waals surface area (Å²) in [7, 11) is 0. The highest BCUT2D eigenvalue weighted by Crippen LogP contribution is 2.40. The molecule has 0 spiro atoms. The van der Waals surface area contributed by atoms with Gasteiger partial charge in [-0.2, -0.15) is 13.2 Å². The summed E-state index contributed by atoms with van der Waals surface area (Å²) in [6.45, 7) is 5.98. The van der Waals surface area contributed by atoms with E-state index >= 15 is 0 Å². The smallest absolute Gasteiger partial charge is 0.171 e. The molecule has 1 aliphatic carbocycles. The Labute approximate surface area is 84.9 Å². The first-order valence-electron chi connectivity index (χ1n) is 5.60. The van der Waals surface area contributed by atoms with Crippen molar-refractivity contribution < 1.29 is 13.2 Å². The van der Waals surface area contributed by atoms with Crippen LogP contribution in [0.15, 0.2) is 0 Å². The van der Waals surface area contributed by atoms with Crippen LogP contribution in [-0.2, 0) is 0 Å². The largest absolute Gasteiger partial charge is 0.391 e. The minimum Gasteiger partial charge on any atom is -0.171 e. The molecular formula is C11H21F3. The standard InChI is InChI=1S/C9H15F3.C2H6/c1-2-7-4-3-5-8(6-7)9(10,11)12;1-2/h7-8H,2-6H2,1H3;1-2H3. The lowest BCUT2D eigenvalue weighted by Gasteiger charge is -2.29. The quantitative estimate of drug-likeness (QED) is 0.583. The highest BCUT2D eigenvalue weighted by Gasteiger charge is 2.41. The second-order valence-corrected chi connectivity index (χ2v) is 3.68. The second kappa shape index (κ2) is 6.31. The van der Waals surface area contributed by atoms with Gasteiger partial charge in [0.1, 0.15) is 0 Å². The number of hydrogen-bond donors (Lipinski definition) is 0. The lowest BCUT2D eigenvalue weighted by molar-refractivity contribution is -0.185. The molecule has 1 saturated carbocycles. The molecule has 0 aromatic heterocycles. The van der Waals surface area contributed by atoms with Gasteiger partial charge in [-0.15, -0.1) is 0 Å². The van der Waals surface area contributed by atoms with E-state index < -0.39 is 12.1 Å². The topological polar surface area (TPSA) is 0 Å². The van der Waals surface area contributed by atoms with Crippen molar-refractivity contribution in [2.75, 3.05) is 0 Å². The fourth-order valence-electron chi connectivity index (χ4n) is 1.96. The summed E-state index contributed by atoms with van der Waals surface area (Å²) in [5.74, 6) is -0.707. The molecule has 1 rings (SSSR count). The van der Waals surface area contributed by atoms with Crippen LogP contribution >= 0.6 is 0 Å². The minimum absolute atomic E-state index is 0.311. The van der Waals surface area contributed by atoms with Gasteiger partial charge < -0.3 is 0 Å². The monoisotopic (exact) mass is 210 g/mol. The van der Waals surface area contributed by atoms with Crippen molar-refractivity contribution in [3.8, 4) is 0 Å². The molecular weight excluding hydrogens is 189 g/mol. The Morgan fingerprint density at radius 2 is 1.71 bits per heavy atom. The number of rotatable bonds is 1. The second-order valence-electron chi connectivity index (χ2n) is 3.68. The van der Waals surface area contributed by atoms with Crippen LogP contribution in [0.2, 0.25) is 0 Å². The van der Waals surface area contributed by atoms with Crippen LogP contribution in [0, 0.1) is 11.8 Å². The summed E-state index contributed by atoms with van der Waals surface area (Å²) in [4.78, 5) is 0. The number of alkyl halides is 3. The van der Waals surface area contributed by atoms with Crippen molar-refractivity contribution in [2.24, 2.45) is 11.8 Å². The van der Waals surface area contributed by atoms with E-state index in [9.17, 15) is 13.2 Å². The van der Waals surface area contributed by atoms with Crippen LogP contribution in [0.3, 0.4) is 0 Å². The lowest BCUT2D eigenvalue weighted by atomic mass is 9.80. The number of hydrogen-bond acceptors (Lipinski definition) is 0. The summed E-state index contributed by atoms with van der Waals surface area (Å²) < 4.78 is 36.8. The molecule has 0 aliphatic heterocycles. The molecule has 2 unspecified atom stereocenters. The minimum atomic E-state index is -3.95. The van der Waals surface area contributed by atoms with E-state index in [1.165, 1.54) is 0 Å². The van der Waals surface area contributed by atoms with Gasteiger partial charge >= 0.3 is 6.18 Å². The molecule has 0 aromatic carbocycles. The summed E-state index contributed by atoms with van der Waals surface area (Å²) in [6, 6.07) is 0. The molecule has 1 fully saturated rings. The van der Waals surface area contributed by atoms with Gasteiger partial charge in [0.2, 0.25) is 0 Å². The van der Waals surface area contributed by atoms with Crippen molar-refractivity contribution >= 4 is 0 Å². The average molecular weight is 210 g/mol. The van der Waals surface area contributed by atoms with Gasteiger partial charge in [-0.3, -0.25) is 0 Å². The zero-order chi connectivity index (χ0) is 11.2. The fraction of sp³-hybridized carbons (Fsp3) is 1.00. The van der Waals surface area contributed by atoms with E-state index in [0.717, 1.165) is 19.3 Å². The maximum atomic E-state index is 12.3. The van der Waals surface area contributed by atoms with Gasteiger partial charge in [-0.25, -0.2) is 0 Å². The highest BCUT2D eigenvalue weighted by atomic mass is 19.4. The summed E-state index contributed by atoms with van der Waals surface area (Å²) in [6.07, 6.45) is -0.605. The van der Waals surface area contributed by atoms with Crippen molar-refractivity contribution in [1.82, 2.24) is 0 Å². The van der Waals surface area contributed by atoms with E-state index in [-0.39, 0.29) is 0 Å². The fourth-order valence-corrected chi connectivity index (χ4v) is 1.96. The third-order valence-corrected chi connectivity index (χ3v) is 2.82. The maximum Gasteiger partial charge on any atom is 0.391 e. The van der Waals surface area contributed by atoms with Crippen LogP contribution in [0.1, 0.15) is 52.9 Å².